The van der Waals surface area contributed by atoms with Gasteiger partial charge in [-0.25, -0.2) is 0 Å². The molecule has 4 heteroatoms. The van der Waals surface area contributed by atoms with Crippen molar-refractivity contribution in [1.29, 1.82) is 0 Å². The number of ether oxygens (including phenoxy) is 1. The molecule has 1 unspecified atom stereocenters. The van der Waals surface area contributed by atoms with E-state index in [4.69, 9.17) is 4.74 Å². The highest BCUT2D eigenvalue weighted by molar-refractivity contribution is 5.83. The van der Waals surface area contributed by atoms with Gasteiger partial charge in [0, 0.05) is 18.5 Å². The zero-order valence-electron chi connectivity index (χ0n) is 10.8. The molecule has 1 aliphatic rings. The summed E-state index contributed by atoms with van der Waals surface area (Å²) >= 11 is 0. The van der Waals surface area contributed by atoms with Crippen LogP contribution in [-0.4, -0.2) is 24.2 Å². The monoisotopic (exact) mass is 258 g/mol. The van der Waals surface area contributed by atoms with Gasteiger partial charge < -0.3 is 15.0 Å². The molecule has 2 aromatic rings. The normalized spacial score (nSPS) is 19.5. The zero-order valence-corrected chi connectivity index (χ0v) is 10.8. The van der Waals surface area contributed by atoms with Gasteiger partial charge in [0.1, 0.15) is 5.82 Å². The second kappa shape index (κ2) is 5.45. The highest BCUT2D eigenvalue weighted by Gasteiger charge is 2.13. The van der Waals surface area contributed by atoms with Crippen molar-refractivity contribution in [3.63, 3.8) is 0 Å². The van der Waals surface area contributed by atoms with E-state index >= 15 is 0 Å². The number of aromatic nitrogens is 1. The molecule has 1 atom stereocenters. The van der Waals surface area contributed by atoms with Crippen LogP contribution in [0.5, 0.6) is 0 Å². The molecular formula is C15H18N2O2. The first-order valence-electron chi connectivity index (χ1n) is 6.80. The number of hydrogen-bond donors (Lipinski definition) is 2. The summed E-state index contributed by atoms with van der Waals surface area (Å²) in [6.07, 6.45) is 3.72. The molecule has 0 bridgehead atoms. The number of nitrogens with one attached hydrogen (secondary N) is 2. The summed E-state index contributed by atoms with van der Waals surface area (Å²) < 4.78 is 5.66. The molecule has 1 fully saturated rings. The Kier molecular flexibility index (Phi) is 3.51. The Morgan fingerprint density at radius 1 is 1.32 bits per heavy atom. The Balaban J connectivity index is 1.75. The van der Waals surface area contributed by atoms with Crippen molar-refractivity contribution in [2.75, 3.05) is 18.5 Å². The lowest BCUT2D eigenvalue weighted by molar-refractivity contribution is 0.0247. The summed E-state index contributed by atoms with van der Waals surface area (Å²) in [5.41, 5.74) is -0.0508. The van der Waals surface area contributed by atoms with Crippen LogP contribution in [0.1, 0.15) is 19.3 Å². The number of aromatic amines is 1. The quantitative estimate of drug-likeness (QED) is 0.889. The molecule has 0 saturated carbocycles. The summed E-state index contributed by atoms with van der Waals surface area (Å²) in [7, 11) is 0. The molecule has 1 aromatic carbocycles. The van der Waals surface area contributed by atoms with Crippen molar-refractivity contribution in [3.8, 4) is 0 Å². The van der Waals surface area contributed by atoms with E-state index in [0.717, 1.165) is 42.6 Å². The van der Waals surface area contributed by atoms with E-state index in [2.05, 4.69) is 10.3 Å². The smallest absolute Gasteiger partial charge is 0.257 e. The predicted molar refractivity (Wildman–Crippen MR) is 76.6 cm³/mol. The Morgan fingerprint density at radius 2 is 2.21 bits per heavy atom. The maximum absolute atomic E-state index is 11.9. The minimum Gasteiger partial charge on any atom is -0.376 e. The van der Waals surface area contributed by atoms with Crippen LogP contribution in [0.15, 0.2) is 35.1 Å². The van der Waals surface area contributed by atoms with E-state index in [1.165, 1.54) is 6.42 Å². The van der Waals surface area contributed by atoms with Crippen molar-refractivity contribution in [2.45, 2.75) is 25.4 Å². The maximum Gasteiger partial charge on any atom is 0.257 e. The molecule has 0 radical (unpaired) electrons. The lowest BCUT2D eigenvalue weighted by Crippen LogP contribution is -2.27. The zero-order chi connectivity index (χ0) is 13.1. The molecule has 0 amide bonds. The van der Waals surface area contributed by atoms with Crippen LogP contribution in [0.2, 0.25) is 0 Å². The van der Waals surface area contributed by atoms with Crippen LogP contribution in [-0.2, 0) is 4.74 Å². The molecule has 19 heavy (non-hydrogen) atoms. The predicted octanol–water partition coefficient (Wildman–Crippen LogP) is 2.51. The molecule has 1 aromatic heterocycles. The summed E-state index contributed by atoms with van der Waals surface area (Å²) in [5, 5.41) is 4.95. The van der Waals surface area contributed by atoms with Gasteiger partial charge in [-0.2, -0.15) is 0 Å². The molecule has 0 aliphatic carbocycles. The van der Waals surface area contributed by atoms with E-state index < -0.39 is 0 Å². The molecule has 1 aliphatic heterocycles. The molecule has 2 N–H and O–H groups in total. The van der Waals surface area contributed by atoms with Gasteiger partial charge in [-0.3, -0.25) is 4.79 Å². The lowest BCUT2D eigenvalue weighted by atomic mass is 10.1. The first kappa shape index (κ1) is 12.2. The Labute approximate surface area is 111 Å². The van der Waals surface area contributed by atoms with Gasteiger partial charge in [0.05, 0.1) is 6.10 Å². The summed E-state index contributed by atoms with van der Waals surface area (Å²) in [5.74, 6) is 0.762. The Morgan fingerprint density at radius 3 is 3.05 bits per heavy atom. The number of H-pyrrole nitrogens is 1. The SMILES string of the molecule is O=c1[nH]c(NCC2CCCCO2)cc2ccccc12. The average molecular weight is 258 g/mol. The molecule has 4 nitrogen and oxygen atoms in total. The second-order valence-electron chi connectivity index (χ2n) is 4.97. The van der Waals surface area contributed by atoms with Crippen LogP contribution in [0, 0.1) is 0 Å². The second-order valence-corrected chi connectivity index (χ2v) is 4.97. The summed E-state index contributed by atoms with van der Waals surface area (Å²) in [4.78, 5) is 14.8. The average Bonchev–Trinajstić information content (AvgIpc) is 2.46. The van der Waals surface area contributed by atoms with Crippen LogP contribution in [0.4, 0.5) is 5.82 Å². The van der Waals surface area contributed by atoms with E-state index in [-0.39, 0.29) is 11.7 Å². The van der Waals surface area contributed by atoms with E-state index in [9.17, 15) is 4.79 Å². The molecule has 100 valence electrons. The van der Waals surface area contributed by atoms with Crippen LogP contribution >= 0.6 is 0 Å². The van der Waals surface area contributed by atoms with Crippen molar-refractivity contribution in [2.24, 2.45) is 0 Å². The molecular weight excluding hydrogens is 240 g/mol. The fraction of sp³-hybridized carbons (Fsp3) is 0.400. The van der Waals surface area contributed by atoms with Crippen molar-refractivity contribution >= 4 is 16.6 Å². The molecule has 0 spiro atoms. The highest BCUT2D eigenvalue weighted by Crippen LogP contribution is 2.15. The Bertz CT molecular complexity index is 615. The number of rotatable bonds is 3. The third-order valence-corrected chi connectivity index (χ3v) is 3.55. The van der Waals surface area contributed by atoms with Crippen LogP contribution in [0.25, 0.3) is 10.8 Å². The first-order chi connectivity index (χ1) is 9.33. The number of fused-ring (bicyclic) bond motifs is 1. The maximum atomic E-state index is 11.9. The number of pyridine rings is 1. The van der Waals surface area contributed by atoms with Gasteiger partial charge in [-0.1, -0.05) is 18.2 Å². The summed E-state index contributed by atoms with van der Waals surface area (Å²) in [6, 6.07) is 9.57. The van der Waals surface area contributed by atoms with E-state index in [1.807, 2.05) is 30.3 Å². The topological polar surface area (TPSA) is 54.1 Å². The fourth-order valence-corrected chi connectivity index (χ4v) is 2.50. The summed E-state index contributed by atoms with van der Waals surface area (Å²) in [6.45, 7) is 1.59. The Hall–Kier alpha value is -1.81. The van der Waals surface area contributed by atoms with Gasteiger partial charge >= 0.3 is 0 Å². The third-order valence-electron chi connectivity index (χ3n) is 3.55. The van der Waals surface area contributed by atoms with Crippen molar-refractivity contribution in [3.05, 3.63) is 40.7 Å². The molecule has 2 heterocycles. The number of hydrogen-bond acceptors (Lipinski definition) is 3. The van der Waals surface area contributed by atoms with Crippen LogP contribution < -0.4 is 10.9 Å². The van der Waals surface area contributed by atoms with E-state index in [1.54, 1.807) is 0 Å². The van der Waals surface area contributed by atoms with Crippen molar-refractivity contribution < 1.29 is 4.74 Å². The fourth-order valence-electron chi connectivity index (χ4n) is 2.50. The number of anilines is 1. The van der Waals surface area contributed by atoms with Crippen LogP contribution in [0.3, 0.4) is 0 Å². The molecule has 3 rings (SSSR count). The van der Waals surface area contributed by atoms with Gasteiger partial charge in [0.2, 0.25) is 0 Å². The standard InChI is InChI=1S/C15H18N2O2/c18-15-13-7-2-1-5-11(13)9-14(17-15)16-10-12-6-3-4-8-19-12/h1-2,5,7,9,12H,3-4,6,8,10H2,(H2,16,17,18). The van der Waals surface area contributed by atoms with Gasteiger partial charge in [-0.15, -0.1) is 0 Å². The van der Waals surface area contributed by atoms with E-state index in [0.29, 0.717) is 0 Å². The van der Waals surface area contributed by atoms with Crippen molar-refractivity contribution in [1.82, 2.24) is 4.98 Å². The van der Waals surface area contributed by atoms with Gasteiger partial charge in [-0.05, 0) is 36.8 Å². The van der Waals surface area contributed by atoms with Gasteiger partial charge in [0.25, 0.3) is 5.56 Å². The lowest BCUT2D eigenvalue weighted by Gasteiger charge is -2.23. The molecule has 1 saturated heterocycles. The number of benzene rings is 1. The minimum atomic E-state index is -0.0508. The van der Waals surface area contributed by atoms with Gasteiger partial charge in [0.15, 0.2) is 0 Å². The third kappa shape index (κ3) is 2.79. The minimum absolute atomic E-state index is 0.0508. The largest absolute Gasteiger partial charge is 0.376 e. The first-order valence-corrected chi connectivity index (χ1v) is 6.80. The highest BCUT2D eigenvalue weighted by atomic mass is 16.5.